The molecule has 3 rings (SSSR count). The molecule has 0 unspecified atom stereocenters. The Morgan fingerprint density at radius 1 is 1.24 bits per heavy atom. The Morgan fingerprint density at radius 3 is 2.55 bits per heavy atom. The fourth-order valence-corrected chi connectivity index (χ4v) is 2.52. The number of amides is 2. The summed E-state index contributed by atoms with van der Waals surface area (Å²) in [6, 6.07) is 1.07. The zero-order valence-corrected chi connectivity index (χ0v) is 15.8. The highest BCUT2D eigenvalue weighted by Gasteiger charge is 2.33. The van der Waals surface area contributed by atoms with Crippen molar-refractivity contribution in [3.63, 3.8) is 0 Å². The first-order valence-corrected chi connectivity index (χ1v) is 8.50. The van der Waals surface area contributed by atoms with Crippen LogP contribution in [0.5, 0.6) is 0 Å². The number of anilines is 1. The van der Waals surface area contributed by atoms with Crippen molar-refractivity contribution in [2.24, 2.45) is 0 Å². The van der Waals surface area contributed by atoms with Gasteiger partial charge in [-0.3, -0.25) is 0 Å². The van der Waals surface area contributed by atoms with Crippen LogP contribution < -0.4 is 5.32 Å². The predicted molar refractivity (Wildman–Crippen MR) is 96.4 cm³/mol. The Labute approximate surface area is 167 Å². The largest absolute Gasteiger partial charge is 0.433 e. The standard InChI is InChI=1S/C16H14ClF3N8O/c1-9(13-24-8-25-28(13)14-21-4-3-5-22-14)27(2)15(29)26-11-7-23-12(6-10(11)17)16(18,19)20/h3-9H,1-2H3,(H,26,29)/t9-/m0/s1. The molecule has 0 aliphatic carbocycles. The fourth-order valence-electron chi connectivity index (χ4n) is 2.32. The molecule has 0 aromatic carbocycles. The normalized spacial score (nSPS) is 12.5. The van der Waals surface area contributed by atoms with Crippen molar-refractivity contribution in [3.8, 4) is 5.95 Å². The number of urea groups is 1. The van der Waals surface area contributed by atoms with E-state index in [-0.39, 0.29) is 16.7 Å². The van der Waals surface area contributed by atoms with Crippen LogP contribution in [0.3, 0.4) is 0 Å². The first kappa shape index (κ1) is 20.5. The summed E-state index contributed by atoms with van der Waals surface area (Å²) in [7, 11) is 1.48. The quantitative estimate of drug-likeness (QED) is 0.686. The molecular formula is C16H14ClF3N8O. The number of pyridine rings is 1. The lowest BCUT2D eigenvalue weighted by Crippen LogP contribution is -2.35. The van der Waals surface area contributed by atoms with Crippen LogP contribution in [0.2, 0.25) is 5.02 Å². The zero-order chi connectivity index (χ0) is 21.2. The van der Waals surface area contributed by atoms with E-state index in [9.17, 15) is 18.0 Å². The fraction of sp³-hybridized carbons (Fsp3) is 0.250. The minimum atomic E-state index is -4.64. The van der Waals surface area contributed by atoms with Gasteiger partial charge in [-0.15, -0.1) is 0 Å². The molecule has 9 nitrogen and oxygen atoms in total. The molecule has 0 saturated carbocycles. The number of hydrogen-bond donors (Lipinski definition) is 1. The topological polar surface area (TPSA) is 102 Å². The Hall–Kier alpha value is -3.28. The van der Waals surface area contributed by atoms with Gasteiger partial charge in [-0.1, -0.05) is 11.6 Å². The second-order valence-electron chi connectivity index (χ2n) is 5.84. The lowest BCUT2D eigenvalue weighted by Gasteiger charge is -2.24. The molecule has 3 aromatic rings. The van der Waals surface area contributed by atoms with E-state index in [1.54, 1.807) is 13.0 Å². The van der Waals surface area contributed by atoms with Crippen LogP contribution in [-0.4, -0.2) is 47.7 Å². The van der Waals surface area contributed by atoms with Gasteiger partial charge in [0.15, 0.2) is 5.82 Å². The molecular weight excluding hydrogens is 413 g/mol. The molecule has 2 amide bonds. The van der Waals surface area contributed by atoms with E-state index >= 15 is 0 Å². The van der Waals surface area contributed by atoms with Crippen LogP contribution in [0.4, 0.5) is 23.7 Å². The van der Waals surface area contributed by atoms with Crippen molar-refractivity contribution in [1.29, 1.82) is 0 Å². The maximum absolute atomic E-state index is 12.7. The van der Waals surface area contributed by atoms with Crippen molar-refractivity contribution in [2.45, 2.75) is 19.1 Å². The third-order valence-corrected chi connectivity index (χ3v) is 4.29. The number of carbonyl (C=O) groups is 1. The average Bonchev–Trinajstić information content (AvgIpc) is 3.18. The highest BCUT2D eigenvalue weighted by Crippen LogP contribution is 2.32. The molecule has 13 heteroatoms. The maximum Gasteiger partial charge on any atom is 0.433 e. The van der Waals surface area contributed by atoms with E-state index in [1.807, 2.05) is 0 Å². The van der Waals surface area contributed by atoms with Crippen molar-refractivity contribution in [3.05, 3.63) is 53.6 Å². The summed E-state index contributed by atoms with van der Waals surface area (Å²) in [5.74, 6) is 0.654. The summed E-state index contributed by atoms with van der Waals surface area (Å²) >= 11 is 5.85. The van der Waals surface area contributed by atoms with Crippen LogP contribution >= 0.6 is 11.6 Å². The summed E-state index contributed by atoms with van der Waals surface area (Å²) in [5.41, 5.74) is -1.21. The highest BCUT2D eigenvalue weighted by atomic mass is 35.5. The Kier molecular flexibility index (Phi) is 5.64. The minimum absolute atomic E-state index is 0.0587. The minimum Gasteiger partial charge on any atom is -0.318 e. The molecule has 3 aromatic heterocycles. The van der Waals surface area contributed by atoms with Gasteiger partial charge in [0.1, 0.15) is 12.0 Å². The van der Waals surface area contributed by atoms with E-state index in [2.05, 4.69) is 30.4 Å². The number of carbonyl (C=O) groups excluding carboxylic acids is 1. The molecule has 0 fully saturated rings. The molecule has 0 saturated heterocycles. The van der Waals surface area contributed by atoms with Gasteiger partial charge in [-0.2, -0.15) is 23.0 Å². The number of rotatable bonds is 4. The Balaban J connectivity index is 1.77. The van der Waals surface area contributed by atoms with Gasteiger partial charge >= 0.3 is 12.2 Å². The van der Waals surface area contributed by atoms with Gasteiger partial charge in [0, 0.05) is 19.4 Å². The summed E-state index contributed by atoms with van der Waals surface area (Å²) in [5, 5.41) is 6.20. The summed E-state index contributed by atoms with van der Waals surface area (Å²) in [6.07, 6.45) is 0.580. The van der Waals surface area contributed by atoms with Crippen LogP contribution in [0.25, 0.3) is 5.95 Å². The van der Waals surface area contributed by atoms with Crippen LogP contribution in [-0.2, 0) is 6.18 Å². The van der Waals surface area contributed by atoms with Crippen molar-refractivity contribution < 1.29 is 18.0 Å². The van der Waals surface area contributed by atoms with E-state index in [0.29, 0.717) is 11.9 Å². The summed E-state index contributed by atoms with van der Waals surface area (Å²) in [6.45, 7) is 1.69. The molecule has 0 aliphatic rings. The lowest BCUT2D eigenvalue weighted by atomic mass is 10.3. The third-order valence-electron chi connectivity index (χ3n) is 3.98. The summed E-state index contributed by atoms with van der Waals surface area (Å²) in [4.78, 5) is 29.4. The SMILES string of the molecule is C[C@@H](c1ncnn1-c1ncccn1)N(C)C(=O)Nc1cnc(C(F)(F)F)cc1Cl. The van der Waals surface area contributed by atoms with Gasteiger partial charge in [0.2, 0.25) is 0 Å². The van der Waals surface area contributed by atoms with Gasteiger partial charge in [0.25, 0.3) is 5.95 Å². The zero-order valence-electron chi connectivity index (χ0n) is 15.1. The first-order chi connectivity index (χ1) is 13.7. The number of aromatic nitrogens is 6. The van der Waals surface area contributed by atoms with E-state index in [0.717, 1.165) is 6.20 Å². The Bertz CT molecular complexity index is 1010. The van der Waals surface area contributed by atoms with Crippen LogP contribution in [0, 0.1) is 0 Å². The monoisotopic (exact) mass is 426 g/mol. The number of alkyl halides is 3. The number of nitrogens with one attached hydrogen (secondary N) is 1. The van der Waals surface area contributed by atoms with E-state index < -0.39 is 23.9 Å². The van der Waals surface area contributed by atoms with Gasteiger partial charge in [-0.05, 0) is 19.1 Å². The smallest absolute Gasteiger partial charge is 0.318 e. The molecule has 0 bridgehead atoms. The summed E-state index contributed by atoms with van der Waals surface area (Å²) < 4.78 is 39.4. The number of hydrogen-bond acceptors (Lipinski definition) is 6. The first-order valence-electron chi connectivity index (χ1n) is 8.12. The molecule has 0 radical (unpaired) electrons. The van der Waals surface area contributed by atoms with Gasteiger partial charge < -0.3 is 10.2 Å². The van der Waals surface area contributed by atoms with Gasteiger partial charge in [0.05, 0.1) is 22.9 Å². The molecule has 0 aliphatic heterocycles. The van der Waals surface area contributed by atoms with E-state index in [1.165, 1.54) is 35.4 Å². The predicted octanol–water partition coefficient (Wildman–Crippen LogP) is 3.35. The molecule has 152 valence electrons. The average molecular weight is 427 g/mol. The second kappa shape index (κ2) is 7.99. The molecule has 1 N–H and O–H groups in total. The van der Waals surface area contributed by atoms with Crippen LogP contribution in [0.1, 0.15) is 24.5 Å². The van der Waals surface area contributed by atoms with Crippen molar-refractivity contribution in [1.82, 2.24) is 34.6 Å². The van der Waals surface area contributed by atoms with Crippen molar-refractivity contribution >= 4 is 23.3 Å². The molecule has 29 heavy (non-hydrogen) atoms. The van der Waals surface area contributed by atoms with Crippen LogP contribution in [0.15, 0.2) is 37.1 Å². The number of nitrogens with zero attached hydrogens (tertiary/aromatic N) is 7. The molecule has 0 spiro atoms. The molecule has 1 atom stereocenters. The highest BCUT2D eigenvalue weighted by molar-refractivity contribution is 6.33. The second-order valence-corrected chi connectivity index (χ2v) is 6.25. The molecule has 3 heterocycles. The Morgan fingerprint density at radius 2 is 1.93 bits per heavy atom. The van der Waals surface area contributed by atoms with Crippen molar-refractivity contribution in [2.75, 3.05) is 12.4 Å². The van der Waals surface area contributed by atoms with E-state index in [4.69, 9.17) is 11.6 Å². The third kappa shape index (κ3) is 4.42. The van der Waals surface area contributed by atoms with Gasteiger partial charge in [-0.25, -0.2) is 24.7 Å². The lowest BCUT2D eigenvalue weighted by molar-refractivity contribution is -0.141. The maximum atomic E-state index is 12.7. The number of halogens is 4.